The van der Waals surface area contributed by atoms with Crippen LogP contribution in [0.25, 0.3) is 0 Å². The molecule has 0 aromatic heterocycles. The number of carbonyl (C=O) groups is 2. The van der Waals surface area contributed by atoms with Crippen molar-refractivity contribution >= 4 is 33.2 Å². The molecule has 0 aliphatic carbocycles. The lowest BCUT2D eigenvalue weighted by atomic mass is 10.0. The van der Waals surface area contributed by atoms with Crippen LogP contribution in [0, 0.1) is 5.92 Å². The summed E-state index contributed by atoms with van der Waals surface area (Å²) in [6.45, 7) is 5.28. The van der Waals surface area contributed by atoms with Crippen molar-refractivity contribution in [3.63, 3.8) is 0 Å². The molecule has 0 aliphatic rings. The van der Waals surface area contributed by atoms with Gasteiger partial charge in [-0.25, -0.2) is 8.42 Å². The first kappa shape index (κ1) is 20.0. The van der Waals surface area contributed by atoms with Crippen molar-refractivity contribution in [3.8, 4) is 0 Å². The molecule has 0 fully saturated rings. The highest BCUT2D eigenvalue weighted by Crippen LogP contribution is 2.16. The molecular formula is C16H25N3O4S. The fraction of sp³-hybridized carbons (Fsp3) is 0.500. The Morgan fingerprint density at radius 3 is 2.33 bits per heavy atom. The Morgan fingerprint density at radius 1 is 1.12 bits per heavy atom. The van der Waals surface area contributed by atoms with E-state index in [2.05, 4.69) is 15.4 Å². The van der Waals surface area contributed by atoms with Gasteiger partial charge in [0.1, 0.15) is 0 Å². The van der Waals surface area contributed by atoms with Gasteiger partial charge in [0.15, 0.2) is 0 Å². The quantitative estimate of drug-likeness (QED) is 0.629. The zero-order valence-corrected chi connectivity index (χ0v) is 15.1. The maximum absolute atomic E-state index is 12.1. The average Bonchev–Trinajstić information content (AvgIpc) is 2.47. The lowest BCUT2D eigenvalue weighted by Crippen LogP contribution is -2.35. The van der Waals surface area contributed by atoms with E-state index >= 15 is 0 Å². The molecule has 0 bridgehead atoms. The van der Waals surface area contributed by atoms with Crippen molar-refractivity contribution in [1.82, 2.24) is 5.32 Å². The molecule has 1 rings (SSSR count). The Kier molecular flexibility index (Phi) is 7.70. The molecule has 7 nitrogen and oxygen atoms in total. The smallest absolute Gasteiger partial charge is 0.234 e. The normalized spacial score (nSPS) is 11.2. The average molecular weight is 355 g/mol. The second kappa shape index (κ2) is 9.27. The maximum atomic E-state index is 12.1. The number of hydrogen-bond donors (Lipinski definition) is 3. The minimum absolute atomic E-state index is 0.0516. The Bertz CT molecular complexity index is 670. The third-order valence-corrected chi connectivity index (χ3v) is 4.77. The van der Waals surface area contributed by atoms with Gasteiger partial charge in [-0.3, -0.25) is 14.3 Å². The molecule has 0 aliphatic heterocycles. The van der Waals surface area contributed by atoms with E-state index < -0.39 is 10.0 Å². The fourth-order valence-electron chi connectivity index (χ4n) is 2.21. The maximum Gasteiger partial charge on any atom is 0.234 e. The first-order chi connectivity index (χ1) is 11.3. The molecule has 0 saturated heterocycles. The molecular weight excluding hydrogens is 330 g/mol. The molecule has 0 unspecified atom stereocenters. The number of carbonyl (C=O) groups excluding carboxylic acids is 2. The molecule has 3 N–H and O–H groups in total. The lowest BCUT2D eigenvalue weighted by molar-refractivity contribution is -0.125. The topological polar surface area (TPSA) is 104 Å². The Labute approximate surface area is 143 Å². The minimum atomic E-state index is -3.59. The summed E-state index contributed by atoms with van der Waals surface area (Å²) >= 11 is 0. The van der Waals surface area contributed by atoms with Crippen molar-refractivity contribution in [1.29, 1.82) is 0 Å². The van der Waals surface area contributed by atoms with Gasteiger partial charge >= 0.3 is 0 Å². The van der Waals surface area contributed by atoms with Crippen LogP contribution in [0.2, 0.25) is 0 Å². The molecule has 0 radical (unpaired) electrons. The minimum Gasteiger partial charge on any atom is -0.355 e. The summed E-state index contributed by atoms with van der Waals surface area (Å²) in [6.07, 6.45) is 1.45. The summed E-state index contributed by atoms with van der Waals surface area (Å²) in [7, 11) is -3.59. The van der Waals surface area contributed by atoms with Gasteiger partial charge in [-0.15, -0.1) is 0 Å². The van der Waals surface area contributed by atoms with E-state index in [1.165, 1.54) is 13.0 Å². The number of sulfonamides is 1. The Balaban J connectivity index is 2.58. The van der Waals surface area contributed by atoms with Crippen molar-refractivity contribution in [2.45, 2.75) is 33.6 Å². The molecule has 0 atom stereocenters. The summed E-state index contributed by atoms with van der Waals surface area (Å²) in [5.74, 6) is -0.666. The monoisotopic (exact) mass is 355 g/mol. The van der Waals surface area contributed by atoms with Gasteiger partial charge < -0.3 is 10.6 Å². The predicted molar refractivity (Wildman–Crippen MR) is 95.2 cm³/mol. The highest BCUT2D eigenvalue weighted by molar-refractivity contribution is 7.92. The van der Waals surface area contributed by atoms with Crippen LogP contribution in [0.1, 0.15) is 33.6 Å². The van der Waals surface area contributed by atoms with Crippen LogP contribution in [0.3, 0.4) is 0 Å². The zero-order valence-electron chi connectivity index (χ0n) is 14.3. The number of rotatable bonds is 9. The fourth-order valence-corrected chi connectivity index (χ4v) is 3.17. The SMILES string of the molecule is CCC(CC)C(=O)NCCS(=O)(=O)Nc1cccc(NC(C)=O)c1. The summed E-state index contributed by atoms with van der Waals surface area (Å²) in [5, 5.41) is 5.23. The largest absolute Gasteiger partial charge is 0.355 e. The predicted octanol–water partition coefficient (Wildman–Crippen LogP) is 1.94. The van der Waals surface area contributed by atoms with E-state index in [0.29, 0.717) is 11.4 Å². The van der Waals surface area contributed by atoms with Crippen molar-refractivity contribution in [2.75, 3.05) is 22.3 Å². The molecule has 2 amide bonds. The van der Waals surface area contributed by atoms with E-state index in [-0.39, 0.29) is 30.0 Å². The van der Waals surface area contributed by atoms with E-state index in [0.717, 1.165) is 12.8 Å². The van der Waals surface area contributed by atoms with E-state index in [4.69, 9.17) is 0 Å². The van der Waals surface area contributed by atoms with Gasteiger partial charge in [-0.2, -0.15) is 0 Å². The summed E-state index contributed by atoms with van der Waals surface area (Å²) < 4.78 is 26.6. The van der Waals surface area contributed by atoms with Gasteiger partial charge in [0, 0.05) is 25.1 Å². The van der Waals surface area contributed by atoms with Crippen molar-refractivity contribution in [2.24, 2.45) is 5.92 Å². The molecule has 0 spiro atoms. The number of anilines is 2. The van der Waals surface area contributed by atoms with E-state index in [9.17, 15) is 18.0 Å². The van der Waals surface area contributed by atoms with Crippen LogP contribution < -0.4 is 15.4 Å². The highest BCUT2D eigenvalue weighted by Gasteiger charge is 2.16. The molecule has 1 aromatic rings. The van der Waals surface area contributed by atoms with Crippen LogP contribution in [-0.4, -0.2) is 32.5 Å². The van der Waals surface area contributed by atoms with Gasteiger partial charge in [-0.05, 0) is 31.0 Å². The van der Waals surface area contributed by atoms with Crippen LogP contribution in [0.5, 0.6) is 0 Å². The van der Waals surface area contributed by atoms with Gasteiger partial charge in [0.2, 0.25) is 21.8 Å². The van der Waals surface area contributed by atoms with Crippen LogP contribution in [0.15, 0.2) is 24.3 Å². The van der Waals surface area contributed by atoms with Gasteiger partial charge in [0.25, 0.3) is 0 Å². The molecule has 134 valence electrons. The second-order valence-corrected chi connectivity index (χ2v) is 7.33. The summed E-state index contributed by atoms with van der Waals surface area (Å²) in [6, 6.07) is 6.42. The zero-order chi connectivity index (χ0) is 18.2. The number of benzene rings is 1. The number of amides is 2. The highest BCUT2D eigenvalue weighted by atomic mass is 32.2. The molecule has 1 aromatic carbocycles. The van der Waals surface area contributed by atoms with Crippen molar-refractivity contribution in [3.05, 3.63) is 24.3 Å². The lowest BCUT2D eigenvalue weighted by Gasteiger charge is -2.13. The number of nitrogens with one attached hydrogen (secondary N) is 3. The molecule has 24 heavy (non-hydrogen) atoms. The molecule has 8 heteroatoms. The van der Waals surface area contributed by atoms with Crippen molar-refractivity contribution < 1.29 is 18.0 Å². The van der Waals surface area contributed by atoms with Gasteiger partial charge in [-0.1, -0.05) is 19.9 Å². The first-order valence-corrected chi connectivity index (χ1v) is 9.58. The standard InChI is InChI=1S/C16H25N3O4S/c1-4-13(5-2)16(21)17-9-10-24(22,23)19-15-8-6-7-14(11-15)18-12(3)20/h6-8,11,13,19H,4-5,9-10H2,1-3H3,(H,17,21)(H,18,20). The Morgan fingerprint density at radius 2 is 1.75 bits per heavy atom. The van der Waals surface area contributed by atoms with Crippen LogP contribution in [0.4, 0.5) is 11.4 Å². The molecule has 0 heterocycles. The Hall–Kier alpha value is -2.09. The van der Waals surface area contributed by atoms with E-state index in [1.54, 1.807) is 18.2 Å². The first-order valence-electron chi connectivity index (χ1n) is 7.93. The van der Waals surface area contributed by atoms with Gasteiger partial charge in [0.05, 0.1) is 11.4 Å². The third kappa shape index (κ3) is 6.99. The molecule has 0 saturated carbocycles. The van der Waals surface area contributed by atoms with Crippen LogP contribution in [-0.2, 0) is 19.6 Å². The summed E-state index contributed by atoms with van der Waals surface area (Å²) in [5.41, 5.74) is 0.859. The van der Waals surface area contributed by atoms with Crippen LogP contribution >= 0.6 is 0 Å². The second-order valence-electron chi connectivity index (χ2n) is 5.49. The summed E-state index contributed by atoms with van der Waals surface area (Å²) in [4.78, 5) is 22.9. The third-order valence-electron chi connectivity index (χ3n) is 3.48. The van der Waals surface area contributed by atoms with E-state index in [1.807, 2.05) is 13.8 Å². The number of hydrogen-bond acceptors (Lipinski definition) is 4.